The zero-order valence-electron chi connectivity index (χ0n) is 8.92. The van der Waals surface area contributed by atoms with E-state index in [-0.39, 0.29) is 9.92 Å². The van der Waals surface area contributed by atoms with E-state index in [1.807, 2.05) is 5.38 Å². The summed E-state index contributed by atoms with van der Waals surface area (Å²) >= 11 is 1.19. The maximum absolute atomic E-state index is 10.5. The molecule has 0 aliphatic carbocycles. The number of rotatable bonds is 3. The maximum atomic E-state index is 10.5. The molecule has 2 heterocycles. The third-order valence-electron chi connectivity index (χ3n) is 2.54. The highest BCUT2D eigenvalue weighted by Crippen LogP contribution is 2.23. The van der Waals surface area contributed by atoms with Gasteiger partial charge in [-0.15, -0.1) is 0 Å². The third-order valence-corrected chi connectivity index (χ3v) is 3.47. The predicted molar refractivity (Wildman–Crippen MR) is 61.7 cm³/mol. The van der Waals surface area contributed by atoms with E-state index in [4.69, 9.17) is 4.74 Å². The Kier molecular flexibility index (Phi) is 3.87. The van der Waals surface area contributed by atoms with Crippen molar-refractivity contribution in [2.45, 2.75) is 13.0 Å². The molecule has 0 unspecified atom stereocenters. The largest absolute Gasteiger partial charge is 0.380 e. The molecule has 1 saturated heterocycles. The Balaban J connectivity index is 1.94. The van der Waals surface area contributed by atoms with Crippen LogP contribution in [0.3, 0.4) is 0 Å². The highest BCUT2D eigenvalue weighted by molar-refractivity contribution is 7.13. The molecule has 1 aromatic heterocycles. The minimum Gasteiger partial charge on any atom is -0.380 e. The molecule has 6 heteroatoms. The summed E-state index contributed by atoms with van der Waals surface area (Å²) in [5.41, 5.74) is 1.03. The number of hydrogen-bond acceptors (Lipinski definition) is 5. The molecule has 88 valence electrons. The standard InChI is InChI=1S/C10H14N2O3S/c13-12(14)10-6-9(8-16-10)7-11-2-1-4-15-5-3-11/h6,8H,1-5,7H2. The van der Waals surface area contributed by atoms with E-state index in [9.17, 15) is 10.1 Å². The van der Waals surface area contributed by atoms with E-state index in [0.717, 1.165) is 44.8 Å². The lowest BCUT2D eigenvalue weighted by molar-refractivity contribution is -0.380. The summed E-state index contributed by atoms with van der Waals surface area (Å²) in [6.45, 7) is 4.27. The van der Waals surface area contributed by atoms with Crippen LogP contribution in [0.1, 0.15) is 12.0 Å². The van der Waals surface area contributed by atoms with Crippen LogP contribution < -0.4 is 0 Å². The molecule has 0 radical (unpaired) electrons. The Bertz CT molecular complexity index is 359. The summed E-state index contributed by atoms with van der Waals surface area (Å²) in [5, 5.41) is 12.6. The van der Waals surface area contributed by atoms with Crippen molar-refractivity contribution in [1.29, 1.82) is 0 Å². The number of hydrogen-bond donors (Lipinski definition) is 0. The first kappa shape index (κ1) is 11.5. The van der Waals surface area contributed by atoms with E-state index >= 15 is 0 Å². The van der Waals surface area contributed by atoms with Crippen LogP contribution in [0, 0.1) is 10.1 Å². The first-order valence-electron chi connectivity index (χ1n) is 5.27. The van der Waals surface area contributed by atoms with E-state index in [2.05, 4.69) is 4.90 Å². The van der Waals surface area contributed by atoms with Gasteiger partial charge in [-0.2, -0.15) is 0 Å². The van der Waals surface area contributed by atoms with Crippen molar-refractivity contribution in [1.82, 2.24) is 4.90 Å². The summed E-state index contributed by atoms with van der Waals surface area (Å²) in [5.74, 6) is 0. The average Bonchev–Trinajstić information content (AvgIpc) is 2.56. The van der Waals surface area contributed by atoms with E-state index in [1.165, 1.54) is 11.3 Å². The van der Waals surface area contributed by atoms with Crippen LogP contribution in [0.2, 0.25) is 0 Å². The molecule has 0 atom stereocenters. The summed E-state index contributed by atoms with van der Waals surface area (Å²) in [7, 11) is 0. The molecule has 0 N–H and O–H groups in total. The van der Waals surface area contributed by atoms with Gasteiger partial charge in [-0.05, 0) is 12.0 Å². The molecule has 1 fully saturated rings. The predicted octanol–water partition coefficient (Wildman–Crippen LogP) is 1.88. The SMILES string of the molecule is O=[N+]([O-])c1cc(CN2CCCOCC2)cs1. The highest BCUT2D eigenvalue weighted by atomic mass is 32.1. The number of thiophene rings is 1. The van der Waals surface area contributed by atoms with Gasteiger partial charge in [-0.3, -0.25) is 15.0 Å². The topological polar surface area (TPSA) is 55.6 Å². The first-order chi connectivity index (χ1) is 7.75. The molecular formula is C10H14N2O3S. The summed E-state index contributed by atoms with van der Waals surface area (Å²) in [6, 6.07) is 1.66. The van der Waals surface area contributed by atoms with Crippen molar-refractivity contribution in [2.24, 2.45) is 0 Å². The monoisotopic (exact) mass is 242 g/mol. The van der Waals surface area contributed by atoms with Crippen molar-refractivity contribution in [3.05, 3.63) is 27.1 Å². The van der Waals surface area contributed by atoms with Crippen LogP contribution >= 0.6 is 11.3 Å². The molecule has 0 saturated carbocycles. The second kappa shape index (κ2) is 5.38. The van der Waals surface area contributed by atoms with Crippen LogP contribution in [-0.4, -0.2) is 36.1 Å². The smallest absolute Gasteiger partial charge is 0.324 e. The molecule has 0 bridgehead atoms. The zero-order chi connectivity index (χ0) is 11.4. The molecule has 1 aromatic rings. The Labute approximate surface area is 97.8 Å². The Morgan fingerprint density at radius 1 is 1.50 bits per heavy atom. The lowest BCUT2D eigenvalue weighted by Crippen LogP contribution is -2.25. The van der Waals surface area contributed by atoms with Crippen molar-refractivity contribution in [2.75, 3.05) is 26.3 Å². The van der Waals surface area contributed by atoms with E-state index in [0.29, 0.717) is 0 Å². The van der Waals surface area contributed by atoms with Gasteiger partial charge in [-0.1, -0.05) is 11.3 Å². The first-order valence-corrected chi connectivity index (χ1v) is 6.15. The van der Waals surface area contributed by atoms with Gasteiger partial charge in [-0.25, -0.2) is 0 Å². The summed E-state index contributed by atoms with van der Waals surface area (Å²) < 4.78 is 5.36. The second-order valence-electron chi connectivity index (χ2n) is 3.79. The quantitative estimate of drug-likeness (QED) is 0.600. The molecule has 1 aliphatic rings. The molecule has 2 rings (SSSR count). The van der Waals surface area contributed by atoms with Gasteiger partial charge in [0, 0.05) is 37.7 Å². The van der Waals surface area contributed by atoms with Crippen molar-refractivity contribution in [3.8, 4) is 0 Å². The second-order valence-corrected chi connectivity index (χ2v) is 4.68. The molecule has 16 heavy (non-hydrogen) atoms. The fourth-order valence-corrected chi connectivity index (χ4v) is 2.48. The van der Waals surface area contributed by atoms with Gasteiger partial charge < -0.3 is 4.74 Å². The van der Waals surface area contributed by atoms with Crippen molar-refractivity contribution >= 4 is 16.3 Å². The van der Waals surface area contributed by atoms with Gasteiger partial charge in [0.2, 0.25) is 0 Å². The Morgan fingerprint density at radius 2 is 2.38 bits per heavy atom. The van der Waals surface area contributed by atoms with Gasteiger partial charge in [0.15, 0.2) is 0 Å². The minimum absolute atomic E-state index is 0.223. The number of nitrogens with zero attached hydrogens (tertiary/aromatic N) is 2. The Hall–Kier alpha value is -0.980. The lowest BCUT2D eigenvalue weighted by atomic mass is 10.3. The van der Waals surface area contributed by atoms with Crippen LogP contribution in [-0.2, 0) is 11.3 Å². The maximum Gasteiger partial charge on any atom is 0.324 e. The van der Waals surface area contributed by atoms with Gasteiger partial charge >= 0.3 is 5.00 Å². The molecule has 0 aromatic carbocycles. The lowest BCUT2D eigenvalue weighted by Gasteiger charge is -2.17. The fraction of sp³-hybridized carbons (Fsp3) is 0.600. The van der Waals surface area contributed by atoms with E-state index < -0.39 is 0 Å². The molecule has 0 spiro atoms. The summed E-state index contributed by atoms with van der Waals surface area (Å²) in [6.07, 6.45) is 1.03. The van der Waals surface area contributed by atoms with Crippen molar-refractivity contribution < 1.29 is 9.66 Å². The molecule has 1 aliphatic heterocycles. The van der Waals surface area contributed by atoms with Crippen LogP contribution in [0.15, 0.2) is 11.4 Å². The highest BCUT2D eigenvalue weighted by Gasteiger charge is 2.13. The van der Waals surface area contributed by atoms with Gasteiger partial charge in [0.05, 0.1) is 11.5 Å². The van der Waals surface area contributed by atoms with Crippen LogP contribution in [0.25, 0.3) is 0 Å². The molecule has 5 nitrogen and oxygen atoms in total. The van der Waals surface area contributed by atoms with Gasteiger partial charge in [0.25, 0.3) is 0 Å². The van der Waals surface area contributed by atoms with Crippen LogP contribution in [0.4, 0.5) is 5.00 Å². The fourth-order valence-electron chi connectivity index (χ4n) is 1.76. The van der Waals surface area contributed by atoms with Gasteiger partial charge in [0.1, 0.15) is 0 Å². The van der Waals surface area contributed by atoms with Crippen LogP contribution in [0.5, 0.6) is 0 Å². The third kappa shape index (κ3) is 3.01. The minimum atomic E-state index is -0.334. The zero-order valence-corrected chi connectivity index (χ0v) is 9.74. The van der Waals surface area contributed by atoms with E-state index in [1.54, 1.807) is 6.07 Å². The Morgan fingerprint density at radius 3 is 3.12 bits per heavy atom. The van der Waals surface area contributed by atoms with Crippen molar-refractivity contribution in [3.63, 3.8) is 0 Å². The normalized spacial score (nSPS) is 18.2. The number of ether oxygens (including phenoxy) is 1. The molecular weight excluding hydrogens is 228 g/mol. The average molecular weight is 242 g/mol. The number of nitro groups is 1. The summed E-state index contributed by atoms with van der Waals surface area (Å²) in [4.78, 5) is 12.5. The molecule has 0 amide bonds.